The first-order valence-corrected chi connectivity index (χ1v) is 16.9. The van der Waals surface area contributed by atoms with E-state index >= 15 is 0 Å². The normalized spacial score (nSPS) is 15.4. The predicted molar refractivity (Wildman–Crippen MR) is 187 cm³/mol. The number of nitrogens with zero attached hydrogens (tertiary/aromatic N) is 3. The average Bonchev–Trinajstić information content (AvgIpc) is 3.37. The lowest BCUT2D eigenvalue weighted by atomic mass is 9.83. The number of ether oxygens (including phenoxy) is 2. The third-order valence-corrected chi connectivity index (χ3v) is 10.4. The van der Waals surface area contributed by atoms with Crippen molar-refractivity contribution in [1.82, 2.24) is 4.57 Å². The van der Waals surface area contributed by atoms with Crippen LogP contribution in [0, 0.1) is 10.1 Å². The molecule has 0 saturated carbocycles. The van der Waals surface area contributed by atoms with Crippen LogP contribution in [-0.2, 0) is 13.0 Å². The first-order chi connectivity index (χ1) is 22.7. The molecule has 1 aliphatic carbocycles. The van der Waals surface area contributed by atoms with Crippen molar-refractivity contribution in [2.75, 3.05) is 7.11 Å². The van der Waals surface area contributed by atoms with Crippen LogP contribution in [0.5, 0.6) is 11.5 Å². The number of aryl methyl sites for hydroxylation is 1. The summed E-state index contributed by atoms with van der Waals surface area (Å²) < 4.78 is 14.5. The fourth-order valence-electron chi connectivity index (χ4n) is 6.03. The van der Waals surface area contributed by atoms with Gasteiger partial charge in [0.1, 0.15) is 6.61 Å². The Hall–Kier alpha value is -4.22. The van der Waals surface area contributed by atoms with E-state index in [1.807, 2.05) is 30.3 Å². The van der Waals surface area contributed by atoms with Crippen molar-refractivity contribution in [3.63, 3.8) is 0 Å². The first kappa shape index (κ1) is 31.4. The van der Waals surface area contributed by atoms with Crippen molar-refractivity contribution in [1.29, 1.82) is 0 Å². The van der Waals surface area contributed by atoms with Crippen LogP contribution in [0.25, 0.3) is 11.8 Å². The molecule has 236 valence electrons. The number of thiazole rings is 1. The van der Waals surface area contributed by atoms with Crippen molar-refractivity contribution < 1.29 is 14.4 Å². The maximum Gasteiger partial charge on any atom is 0.271 e. The summed E-state index contributed by atoms with van der Waals surface area (Å²) in [5, 5.41) is 12.7. The van der Waals surface area contributed by atoms with Gasteiger partial charge in [0.15, 0.2) is 16.3 Å². The molecule has 12 heteroatoms. The number of fused-ring (bicyclic) bond motifs is 3. The third kappa shape index (κ3) is 5.91. The number of aromatic nitrogens is 1. The van der Waals surface area contributed by atoms with E-state index in [1.165, 1.54) is 23.0 Å². The van der Waals surface area contributed by atoms with Gasteiger partial charge >= 0.3 is 0 Å². The Balaban J connectivity index is 1.33. The summed E-state index contributed by atoms with van der Waals surface area (Å²) in [6.45, 7) is 0.189. The number of allylic oxidation sites excluding steroid dienone is 1. The third-order valence-electron chi connectivity index (χ3n) is 8.21. The summed E-state index contributed by atoms with van der Waals surface area (Å²) in [5.74, 6) is 0.944. The molecule has 0 spiro atoms. The molecule has 0 radical (unpaired) electrons. The Labute approximate surface area is 291 Å². The highest BCUT2D eigenvalue weighted by Crippen LogP contribution is 2.42. The van der Waals surface area contributed by atoms with Gasteiger partial charge in [-0.3, -0.25) is 19.5 Å². The van der Waals surface area contributed by atoms with Gasteiger partial charge < -0.3 is 9.47 Å². The summed E-state index contributed by atoms with van der Waals surface area (Å²) in [6, 6.07) is 22.9. The summed E-state index contributed by atoms with van der Waals surface area (Å²) in [5.41, 5.74) is 5.87. The van der Waals surface area contributed by atoms with Crippen molar-refractivity contribution in [2.45, 2.75) is 25.5 Å². The van der Waals surface area contributed by atoms with Crippen LogP contribution in [0.2, 0.25) is 10.0 Å². The van der Waals surface area contributed by atoms with E-state index in [4.69, 9.17) is 37.7 Å². The Kier molecular flexibility index (Phi) is 8.52. The predicted octanol–water partition coefficient (Wildman–Crippen LogP) is 7.88. The molecule has 0 bridgehead atoms. The Morgan fingerprint density at radius 3 is 2.70 bits per heavy atom. The van der Waals surface area contributed by atoms with E-state index in [1.54, 1.807) is 54.2 Å². The van der Waals surface area contributed by atoms with Gasteiger partial charge in [-0.05, 0) is 81.4 Å². The molecule has 5 aromatic rings. The van der Waals surface area contributed by atoms with Crippen LogP contribution in [0.15, 0.2) is 98.7 Å². The fraction of sp³-hybridized carbons (Fsp3) is 0.143. The van der Waals surface area contributed by atoms with E-state index in [9.17, 15) is 14.9 Å². The monoisotopic (exact) mass is 747 g/mol. The topological polar surface area (TPSA) is 96.0 Å². The standard InChI is InChI=1S/C35H24BrCl2N3O5S/c1-45-29-14-19(13-27(36)33(29)46-18-22-9-11-23(37)17-28(22)38)15-30-34(42)40-32(21-6-4-7-24(16-21)41(43)44)26-12-10-20-5-2-3-8-25(20)31(26)39-35(40)47-30/h2-9,11,13-17,32H,10,12,18H2,1H3/b30-15+/t32-/m1/s1. The van der Waals surface area contributed by atoms with Crippen molar-refractivity contribution in [2.24, 2.45) is 4.99 Å². The van der Waals surface area contributed by atoms with E-state index in [0.29, 0.717) is 52.9 Å². The van der Waals surface area contributed by atoms with Gasteiger partial charge in [0.05, 0.1) is 32.8 Å². The molecule has 2 aliphatic rings. The number of methoxy groups -OCH3 is 1. The average molecular weight is 749 g/mol. The van der Waals surface area contributed by atoms with E-state index in [2.05, 4.69) is 22.0 Å². The number of benzene rings is 4. The highest BCUT2D eigenvalue weighted by molar-refractivity contribution is 9.10. The molecular weight excluding hydrogens is 725 g/mol. The van der Waals surface area contributed by atoms with E-state index < -0.39 is 11.0 Å². The van der Waals surface area contributed by atoms with Crippen molar-refractivity contribution in [3.8, 4) is 11.5 Å². The van der Waals surface area contributed by atoms with Gasteiger partial charge in [0.25, 0.3) is 11.2 Å². The van der Waals surface area contributed by atoms with Gasteiger partial charge in [-0.1, -0.05) is 77.0 Å². The van der Waals surface area contributed by atoms with Gasteiger partial charge in [-0.15, -0.1) is 0 Å². The van der Waals surface area contributed by atoms with E-state index in [-0.39, 0.29) is 17.9 Å². The molecule has 47 heavy (non-hydrogen) atoms. The molecule has 0 amide bonds. The number of halogens is 3. The number of nitro benzene ring substituents is 1. The zero-order valence-electron chi connectivity index (χ0n) is 24.7. The lowest BCUT2D eigenvalue weighted by Crippen LogP contribution is -2.38. The summed E-state index contributed by atoms with van der Waals surface area (Å²) in [7, 11) is 1.54. The lowest BCUT2D eigenvalue weighted by molar-refractivity contribution is -0.384. The van der Waals surface area contributed by atoms with Crippen LogP contribution >= 0.6 is 50.5 Å². The maximum absolute atomic E-state index is 14.2. The van der Waals surface area contributed by atoms with Crippen molar-refractivity contribution >= 4 is 67.9 Å². The molecule has 8 nitrogen and oxygen atoms in total. The minimum atomic E-state index is -0.534. The first-order valence-electron chi connectivity index (χ1n) is 14.5. The van der Waals surface area contributed by atoms with Crippen molar-refractivity contribution in [3.05, 3.63) is 157 Å². The smallest absolute Gasteiger partial charge is 0.271 e. The van der Waals surface area contributed by atoms with Gasteiger partial charge in [-0.2, -0.15) is 0 Å². The highest BCUT2D eigenvalue weighted by Gasteiger charge is 2.33. The highest BCUT2D eigenvalue weighted by atomic mass is 79.9. The Bertz CT molecular complexity index is 2320. The zero-order valence-corrected chi connectivity index (χ0v) is 28.6. The SMILES string of the molecule is COc1cc(/C=c2/sc3n(c2=O)[C@H](c2cccc([N+](=O)[O-])c2)C2=C(N=3)c3ccccc3CC2)cc(Br)c1OCc1ccc(Cl)cc1Cl. The lowest BCUT2D eigenvalue weighted by Gasteiger charge is -2.30. The molecule has 2 heterocycles. The second-order valence-electron chi connectivity index (χ2n) is 11.0. The fourth-order valence-corrected chi connectivity index (χ4v) is 8.07. The number of hydrogen-bond acceptors (Lipinski definition) is 7. The number of rotatable bonds is 7. The van der Waals surface area contributed by atoms with Crippen LogP contribution in [0.3, 0.4) is 0 Å². The largest absolute Gasteiger partial charge is 0.493 e. The van der Waals surface area contributed by atoms with Gasteiger partial charge in [0.2, 0.25) is 0 Å². The summed E-state index contributed by atoms with van der Waals surface area (Å²) >= 11 is 17.3. The van der Waals surface area contributed by atoms with Crippen LogP contribution < -0.4 is 24.4 Å². The van der Waals surface area contributed by atoms with E-state index in [0.717, 1.165) is 28.8 Å². The molecular formula is C35H24BrCl2N3O5S. The number of nitro groups is 1. The Morgan fingerprint density at radius 2 is 1.91 bits per heavy atom. The minimum absolute atomic E-state index is 0.0300. The summed E-state index contributed by atoms with van der Waals surface area (Å²) in [6.07, 6.45) is 3.25. The molecule has 0 fully saturated rings. The van der Waals surface area contributed by atoms with Crippen LogP contribution in [-0.4, -0.2) is 16.6 Å². The van der Waals surface area contributed by atoms with Gasteiger partial charge in [-0.25, -0.2) is 4.99 Å². The van der Waals surface area contributed by atoms with Crippen LogP contribution in [0.1, 0.15) is 40.3 Å². The quantitative estimate of drug-likeness (QED) is 0.125. The zero-order chi connectivity index (χ0) is 32.8. The molecule has 7 rings (SSSR count). The van der Waals surface area contributed by atoms with Gasteiger partial charge in [0, 0.05) is 33.3 Å². The maximum atomic E-state index is 14.2. The molecule has 1 atom stereocenters. The molecule has 0 unspecified atom stereocenters. The molecule has 4 aromatic carbocycles. The second-order valence-corrected chi connectivity index (χ2v) is 13.7. The molecule has 1 aliphatic heterocycles. The minimum Gasteiger partial charge on any atom is -0.493 e. The molecule has 1 aromatic heterocycles. The number of hydrogen-bond donors (Lipinski definition) is 0. The second kappa shape index (κ2) is 12.8. The Morgan fingerprint density at radius 1 is 1.09 bits per heavy atom. The summed E-state index contributed by atoms with van der Waals surface area (Å²) in [4.78, 5) is 31.1. The number of non-ortho nitro benzene ring substituents is 1. The molecule has 0 saturated heterocycles. The van der Waals surface area contributed by atoms with Crippen LogP contribution in [0.4, 0.5) is 5.69 Å². The molecule has 0 N–H and O–H groups in total.